The van der Waals surface area contributed by atoms with E-state index in [4.69, 9.17) is 10.5 Å². The molecule has 2 atom stereocenters. The minimum atomic E-state index is -0.536. The zero-order valence-electron chi connectivity index (χ0n) is 12.1. The highest BCUT2D eigenvalue weighted by Crippen LogP contribution is 2.24. The fourth-order valence-electron chi connectivity index (χ4n) is 2.13. The van der Waals surface area contributed by atoms with Crippen LogP contribution in [0.4, 0.5) is 0 Å². The SMILES string of the molecule is CC1(C)CN(C(=O)C(N)C(C)(C)C)CC(CO)O1. The minimum absolute atomic E-state index is 0.0719. The van der Waals surface area contributed by atoms with Crippen LogP contribution in [0.15, 0.2) is 0 Å². The number of hydrogen-bond acceptors (Lipinski definition) is 4. The van der Waals surface area contributed by atoms with Gasteiger partial charge in [-0.05, 0) is 19.3 Å². The average molecular weight is 258 g/mol. The summed E-state index contributed by atoms with van der Waals surface area (Å²) in [5, 5.41) is 9.23. The molecular formula is C13H26N2O3. The monoisotopic (exact) mass is 258 g/mol. The molecule has 1 fully saturated rings. The van der Waals surface area contributed by atoms with Gasteiger partial charge < -0.3 is 20.5 Å². The molecular weight excluding hydrogens is 232 g/mol. The summed E-state index contributed by atoms with van der Waals surface area (Å²) in [6.07, 6.45) is -0.329. The first-order valence-corrected chi connectivity index (χ1v) is 6.40. The van der Waals surface area contributed by atoms with E-state index in [1.54, 1.807) is 4.90 Å². The van der Waals surface area contributed by atoms with Crippen LogP contribution in [0, 0.1) is 5.41 Å². The predicted molar refractivity (Wildman–Crippen MR) is 70.0 cm³/mol. The highest BCUT2D eigenvalue weighted by Gasteiger charge is 2.39. The standard InChI is InChI=1S/C13H26N2O3/c1-12(2,3)10(14)11(17)15-6-9(7-16)18-13(4,5)8-15/h9-10,16H,6-8,14H2,1-5H3. The molecule has 5 nitrogen and oxygen atoms in total. The molecule has 1 heterocycles. The third kappa shape index (κ3) is 3.67. The zero-order chi connectivity index (χ0) is 14.1. The first-order valence-electron chi connectivity index (χ1n) is 6.40. The topological polar surface area (TPSA) is 75.8 Å². The number of carbonyl (C=O) groups excluding carboxylic acids is 1. The number of nitrogens with zero attached hydrogens (tertiary/aromatic N) is 1. The molecule has 2 unspecified atom stereocenters. The Bertz CT molecular complexity index is 310. The van der Waals surface area contributed by atoms with Crippen molar-refractivity contribution >= 4 is 5.91 Å². The Balaban J connectivity index is 2.79. The van der Waals surface area contributed by atoms with Gasteiger partial charge in [0.15, 0.2) is 0 Å². The quantitative estimate of drug-likeness (QED) is 0.750. The number of rotatable bonds is 2. The van der Waals surface area contributed by atoms with Crippen molar-refractivity contribution in [2.24, 2.45) is 11.1 Å². The van der Waals surface area contributed by atoms with Crippen molar-refractivity contribution in [1.29, 1.82) is 0 Å². The van der Waals surface area contributed by atoms with E-state index >= 15 is 0 Å². The molecule has 0 radical (unpaired) electrons. The Morgan fingerprint density at radius 1 is 1.56 bits per heavy atom. The van der Waals surface area contributed by atoms with Crippen LogP contribution < -0.4 is 5.73 Å². The van der Waals surface area contributed by atoms with Crippen LogP contribution in [-0.4, -0.2) is 53.4 Å². The minimum Gasteiger partial charge on any atom is -0.394 e. The van der Waals surface area contributed by atoms with E-state index in [0.29, 0.717) is 13.1 Å². The van der Waals surface area contributed by atoms with Crippen LogP contribution >= 0.6 is 0 Å². The molecule has 0 aliphatic carbocycles. The average Bonchev–Trinajstić information content (AvgIpc) is 2.23. The van der Waals surface area contributed by atoms with Crippen molar-refractivity contribution in [3.63, 3.8) is 0 Å². The van der Waals surface area contributed by atoms with E-state index < -0.39 is 11.6 Å². The first-order chi connectivity index (χ1) is 8.07. The Morgan fingerprint density at radius 2 is 2.11 bits per heavy atom. The Kier molecular flexibility index (Phi) is 4.41. The summed E-state index contributed by atoms with van der Waals surface area (Å²) in [6.45, 7) is 10.5. The molecule has 0 saturated carbocycles. The van der Waals surface area contributed by atoms with Gasteiger partial charge in [0.2, 0.25) is 5.91 Å². The van der Waals surface area contributed by atoms with Crippen molar-refractivity contribution in [2.45, 2.75) is 52.4 Å². The molecule has 3 N–H and O–H groups in total. The highest BCUT2D eigenvalue weighted by molar-refractivity contribution is 5.82. The number of amides is 1. The van der Waals surface area contributed by atoms with E-state index in [1.807, 2.05) is 34.6 Å². The summed E-state index contributed by atoms with van der Waals surface area (Å²) in [7, 11) is 0. The van der Waals surface area contributed by atoms with Gasteiger partial charge in [-0.2, -0.15) is 0 Å². The maximum absolute atomic E-state index is 12.4. The van der Waals surface area contributed by atoms with Crippen LogP contribution in [0.3, 0.4) is 0 Å². The molecule has 0 aromatic carbocycles. The summed E-state index contributed by atoms with van der Waals surface area (Å²) in [5.74, 6) is -0.0719. The zero-order valence-corrected chi connectivity index (χ0v) is 12.1. The third-order valence-electron chi connectivity index (χ3n) is 3.20. The van der Waals surface area contributed by atoms with Gasteiger partial charge in [0.05, 0.1) is 24.4 Å². The molecule has 1 aliphatic rings. The van der Waals surface area contributed by atoms with E-state index in [9.17, 15) is 9.90 Å². The smallest absolute Gasteiger partial charge is 0.240 e. The van der Waals surface area contributed by atoms with Crippen LogP contribution in [0.5, 0.6) is 0 Å². The lowest BCUT2D eigenvalue weighted by Gasteiger charge is -2.44. The van der Waals surface area contributed by atoms with E-state index in [0.717, 1.165) is 0 Å². The highest BCUT2D eigenvalue weighted by atomic mass is 16.5. The molecule has 106 valence electrons. The largest absolute Gasteiger partial charge is 0.394 e. The van der Waals surface area contributed by atoms with Crippen LogP contribution in [-0.2, 0) is 9.53 Å². The molecule has 0 aromatic heterocycles. The van der Waals surface area contributed by atoms with Crippen molar-refractivity contribution in [2.75, 3.05) is 19.7 Å². The van der Waals surface area contributed by atoms with Gasteiger partial charge in [0.25, 0.3) is 0 Å². The molecule has 0 aromatic rings. The van der Waals surface area contributed by atoms with E-state index in [-0.39, 0.29) is 24.0 Å². The van der Waals surface area contributed by atoms with Gasteiger partial charge in [-0.3, -0.25) is 4.79 Å². The maximum Gasteiger partial charge on any atom is 0.240 e. The molecule has 1 saturated heterocycles. The lowest BCUT2D eigenvalue weighted by atomic mass is 9.86. The Labute approximate surface area is 109 Å². The van der Waals surface area contributed by atoms with Gasteiger partial charge in [0.1, 0.15) is 0 Å². The van der Waals surface area contributed by atoms with Crippen LogP contribution in [0.1, 0.15) is 34.6 Å². The fraction of sp³-hybridized carbons (Fsp3) is 0.923. The fourth-order valence-corrected chi connectivity index (χ4v) is 2.13. The molecule has 0 spiro atoms. The summed E-state index contributed by atoms with van der Waals surface area (Å²) in [4.78, 5) is 14.1. The molecule has 5 heteroatoms. The van der Waals surface area contributed by atoms with Gasteiger partial charge in [-0.15, -0.1) is 0 Å². The molecule has 1 amide bonds. The third-order valence-corrected chi connectivity index (χ3v) is 3.20. The second-order valence-electron chi connectivity index (χ2n) is 6.74. The van der Waals surface area contributed by atoms with Crippen LogP contribution in [0.25, 0.3) is 0 Å². The predicted octanol–water partition coefficient (Wildman–Crippen LogP) is 0.358. The summed E-state index contributed by atoms with van der Waals surface area (Å²) in [5.41, 5.74) is 5.29. The number of ether oxygens (including phenoxy) is 1. The van der Waals surface area contributed by atoms with Crippen molar-refractivity contribution in [3.05, 3.63) is 0 Å². The van der Waals surface area contributed by atoms with Crippen molar-refractivity contribution in [1.82, 2.24) is 4.90 Å². The van der Waals surface area contributed by atoms with Crippen molar-refractivity contribution in [3.8, 4) is 0 Å². The van der Waals surface area contributed by atoms with Gasteiger partial charge in [0, 0.05) is 13.1 Å². The second kappa shape index (κ2) is 5.15. The normalized spacial score (nSPS) is 25.9. The van der Waals surface area contributed by atoms with Crippen LogP contribution in [0.2, 0.25) is 0 Å². The maximum atomic E-state index is 12.4. The molecule has 1 rings (SSSR count). The summed E-state index contributed by atoms with van der Waals surface area (Å²) < 4.78 is 5.68. The van der Waals surface area contributed by atoms with Gasteiger partial charge >= 0.3 is 0 Å². The number of carbonyl (C=O) groups is 1. The van der Waals surface area contributed by atoms with Crippen molar-refractivity contribution < 1.29 is 14.6 Å². The van der Waals surface area contributed by atoms with E-state index in [2.05, 4.69) is 0 Å². The van der Waals surface area contributed by atoms with Gasteiger partial charge in [-0.25, -0.2) is 0 Å². The number of hydrogen-bond donors (Lipinski definition) is 2. The molecule has 0 bridgehead atoms. The Morgan fingerprint density at radius 3 is 2.56 bits per heavy atom. The lowest BCUT2D eigenvalue weighted by molar-refractivity contribution is -0.169. The second-order valence-corrected chi connectivity index (χ2v) is 6.74. The summed E-state index contributed by atoms with van der Waals surface area (Å²) >= 11 is 0. The number of morpholine rings is 1. The number of nitrogens with two attached hydrogens (primary N) is 1. The number of aliphatic hydroxyl groups is 1. The molecule has 1 aliphatic heterocycles. The van der Waals surface area contributed by atoms with E-state index in [1.165, 1.54) is 0 Å². The first kappa shape index (κ1) is 15.4. The van der Waals surface area contributed by atoms with Gasteiger partial charge in [-0.1, -0.05) is 20.8 Å². The Hall–Kier alpha value is -0.650. The summed E-state index contributed by atoms with van der Waals surface area (Å²) in [6, 6.07) is -0.536. The lowest BCUT2D eigenvalue weighted by Crippen LogP contribution is -2.60. The number of aliphatic hydroxyl groups excluding tert-OH is 1. The molecule has 18 heavy (non-hydrogen) atoms.